The van der Waals surface area contributed by atoms with Crippen LogP contribution in [0.25, 0.3) is 11.3 Å². The fraction of sp³-hybridized carbons (Fsp3) is 0.375. The normalized spacial score (nSPS) is 16.7. The lowest BCUT2D eigenvalue weighted by Gasteiger charge is -2.40. The summed E-state index contributed by atoms with van der Waals surface area (Å²) >= 11 is 5.95. The van der Waals surface area contributed by atoms with Gasteiger partial charge in [0.2, 0.25) is 0 Å². The van der Waals surface area contributed by atoms with Crippen LogP contribution in [0.4, 0.5) is 5.69 Å². The number of nitrogens with zero attached hydrogens (tertiary/aromatic N) is 5. The molecule has 174 valence electrons. The number of aliphatic hydroxyl groups is 1. The highest BCUT2D eigenvalue weighted by atomic mass is 35.5. The number of anilines is 1. The average Bonchev–Trinajstić information content (AvgIpc) is 3.27. The maximum absolute atomic E-state index is 13.1. The Kier molecular flexibility index (Phi) is 7.27. The minimum Gasteiger partial charge on any atom is -0.394 e. The van der Waals surface area contributed by atoms with Crippen molar-refractivity contribution in [1.29, 1.82) is 0 Å². The Morgan fingerprint density at radius 1 is 1.24 bits per heavy atom. The Labute approximate surface area is 198 Å². The molecule has 9 heteroatoms. The maximum atomic E-state index is 13.1. The van der Waals surface area contributed by atoms with E-state index in [4.69, 9.17) is 11.6 Å². The van der Waals surface area contributed by atoms with Gasteiger partial charge in [-0.3, -0.25) is 9.48 Å². The second-order valence-electron chi connectivity index (χ2n) is 8.43. The molecular weight excluding hydrogens is 440 g/mol. The number of carbonyl (C=O) groups is 1. The number of likely N-dealkylation sites (N-methyl/N-ethyl adjacent to an activating group) is 1. The molecule has 1 aliphatic heterocycles. The maximum Gasteiger partial charge on any atom is 0.270 e. The summed E-state index contributed by atoms with van der Waals surface area (Å²) in [5, 5.41) is 17.1. The molecule has 1 aliphatic rings. The first-order chi connectivity index (χ1) is 15.9. The van der Waals surface area contributed by atoms with E-state index in [-0.39, 0.29) is 12.5 Å². The molecule has 0 aliphatic carbocycles. The topological polar surface area (TPSA) is 86.5 Å². The van der Waals surface area contributed by atoms with Gasteiger partial charge < -0.3 is 20.2 Å². The van der Waals surface area contributed by atoms with Crippen LogP contribution in [0.1, 0.15) is 23.0 Å². The quantitative estimate of drug-likeness (QED) is 0.554. The van der Waals surface area contributed by atoms with Gasteiger partial charge in [0.1, 0.15) is 5.69 Å². The van der Waals surface area contributed by atoms with Crippen molar-refractivity contribution in [3.05, 3.63) is 65.1 Å². The zero-order valence-electron chi connectivity index (χ0n) is 18.9. The first kappa shape index (κ1) is 23.2. The zero-order valence-corrected chi connectivity index (χ0v) is 19.7. The van der Waals surface area contributed by atoms with Crippen molar-refractivity contribution in [1.82, 2.24) is 25.0 Å². The highest BCUT2D eigenvalue weighted by Gasteiger charge is 2.24. The van der Waals surface area contributed by atoms with E-state index >= 15 is 0 Å². The first-order valence-electron chi connectivity index (χ1n) is 11.1. The van der Waals surface area contributed by atoms with Crippen molar-refractivity contribution >= 4 is 23.2 Å². The van der Waals surface area contributed by atoms with Crippen molar-refractivity contribution in [2.45, 2.75) is 26.1 Å². The molecule has 0 bridgehead atoms. The molecule has 0 unspecified atom stereocenters. The van der Waals surface area contributed by atoms with Crippen LogP contribution in [0.5, 0.6) is 0 Å². The average molecular weight is 469 g/mol. The highest BCUT2D eigenvalue weighted by Crippen LogP contribution is 2.27. The van der Waals surface area contributed by atoms with E-state index in [0.29, 0.717) is 35.5 Å². The van der Waals surface area contributed by atoms with Gasteiger partial charge in [0.25, 0.3) is 5.91 Å². The summed E-state index contributed by atoms with van der Waals surface area (Å²) in [7, 11) is 2.12. The number of carbonyl (C=O) groups excluding carboxylic acids is 1. The predicted molar refractivity (Wildman–Crippen MR) is 129 cm³/mol. The molecule has 1 amide bonds. The van der Waals surface area contributed by atoms with E-state index in [1.807, 2.05) is 30.5 Å². The van der Waals surface area contributed by atoms with Crippen LogP contribution in [0, 0.1) is 0 Å². The van der Waals surface area contributed by atoms with Crippen molar-refractivity contribution < 1.29 is 9.90 Å². The van der Waals surface area contributed by atoms with E-state index in [9.17, 15) is 9.90 Å². The zero-order chi connectivity index (χ0) is 23.4. The van der Waals surface area contributed by atoms with Gasteiger partial charge in [0.15, 0.2) is 0 Å². The number of hydrogen-bond acceptors (Lipinski definition) is 6. The molecular formula is C24H29ClN6O2. The molecule has 8 nitrogen and oxygen atoms in total. The smallest absolute Gasteiger partial charge is 0.270 e. The number of aromatic nitrogens is 3. The summed E-state index contributed by atoms with van der Waals surface area (Å²) in [6.07, 6.45) is 3.55. The standard InChI is InChI=1S/C24H29ClN6O2/c1-17-15-29(2)7-8-31(17)21-11-22(19-14-27-30(16-19)9-10-32)28-23(12-21)24(33)26-13-18-3-5-20(25)6-4-18/h3-6,11-12,14,16-17,32H,7-10,13,15H2,1-2H3,(H,26,33)/t17-/m1/s1. The third-order valence-corrected chi connectivity index (χ3v) is 6.08. The molecule has 2 aromatic heterocycles. The Bertz CT molecular complexity index is 1100. The second-order valence-corrected chi connectivity index (χ2v) is 8.86. The molecule has 0 saturated carbocycles. The summed E-state index contributed by atoms with van der Waals surface area (Å²) in [5.74, 6) is -0.238. The van der Waals surface area contributed by atoms with Gasteiger partial charge in [-0.05, 0) is 43.8 Å². The van der Waals surface area contributed by atoms with Crippen molar-refractivity contribution in [2.24, 2.45) is 0 Å². The summed E-state index contributed by atoms with van der Waals surface area (Å²) in [5.41, 5.74) is 3.77. The number of aliphatic hydroxyl groups excluding tert-OH is 1. The van der Waals surface area contributed by atoms with Crippen LogP contribution < -0.4 is 10.2 Å². The summed E-state index contributed by atoms with van der Waals surface area (Å²) in [6.45, 7) is 5.76. The highest BCUT2D eigenvalue weighted by molar-refractivity contribution is 6.30. The largest absolute Gasteiger partial charge is 0.394 e. The Morgan fingerprint density at radius 3 is 2.76 bits per heavy atom. The van der Waals surface area contributed by atoms with Crippen LogP contribution in [-0.2, 0) is 13.1 Å². The third kappa shape index (κ3) is 5.71. The molecule has 1 saturated heterocycles. The van der Waals surface area contributed by atoms with E-state index < -0.39 is 0 Å². The summed E-state index contributed by atoms with van der Waals surface area (Å²) < 4.78 is 1.67. The summed E-state index contributed by atoms with van der Waals surface area (Å²) in [4.78, 5) is 22.3. The molecule has 1 fully saturated rings. The fourth-order valence-electron chi connectivity index (χ4n) is 4.07. The van der Waals surface area contributed by atoms with Crippen molar-refractivity contribution in [3.8, 4) is 11.3 Å². The molecule has 33 heavy (non-hydrogen) atoms. The lowest BCUT2D eigenvalue weighted by molar-refractivity contribution is 0.0946. The molecule has 0 spiro atoms. The Morgan fingerprint density at radius 2 is 2.03 bits per heavy atom. The number of hydrogen-bond donors (Lipinski definition) is 2. The second kappa shape index (κ2) is 10.3. The third-order valence-electron chi connectivity index (χ3n) is 5.83. The molecule has 3 aromatic rings. The number of benzene rings is 1. The number of halogens is 1. The monoisotopic (exact) mass is 468 g/mol. The molecule has 1 aromatic carbocycles. The van der Waals surface area contributed by atoms with Crippen LogP contribution >= 0.6 is 11.6 Å². The van der Waals surface area contributed by atoms with E-state index in [1.165, 1.54) is 0 Å². The number of piperazine rings is 1. The van der Waals surface area contributed by atoms with Gasteiger partial charge in [-0.25, -0.2) is 4.98 Å². The van der Waals surface area contributed by atoms with E-state index in [2.05, 4.69) is 39.2 Å². The fourth-order valence-corrected chi connectivity index (χ4v) is 4.19. The van der Waals surface area contributed by atoms with Gasteiger partial charge in [-0.2, -0.15) is 5.10 Å². The SMILES string of the molecule is C[C@@H]1CN(C)CCN1c1cc(C(=O)NCc2ccc(Cl)cc2)nc(-c2cnn(CCO)c2)c1. The lowest BCUT2D eigenvalue weighted by atomic mass is 10.1. The predicted octanol–water partition coefficient (Wildman–Crippen LogP) is 2.66. The molecule has 2 N–H and O–H groups in total. The van der Waals surface area contributed by atoms with Gasteiger partial charge in [-0.15, -0.1) is 0 Å². The summed E-state index contributed by atoms with van der Waals surface area (Å²) in [6, 6.07) is 11.6. The minimum atomic E-state index is -0.238. The number of pyridine rings is 1. The van der Waals surface area contributed by atoms with Crippen molar-refractivity contribution in [2.75, 3.05) is 38.2 Å². The van der Waals surface area contributed by atoms with Crippen LogP contribution in [0.15, 0.2) is 48.8 Å². The first-order valence-corrected chi connectivity index (χ1v) is 11.4. The van der Waals surface area contributed by atoms with E-state index in [0.717, 1.165) is 36.4 Å². The number of nitrogens with one attached hydrogen (secondary N) is 1. The van der Waals surface area contributed by atoms with Crippen LogP contribution in [-0.4, -0.2) is 70.0 Å². The molecule has 3 heterocycles. The number of rotatable bonds is 7. The van der Waals surface area contributed by atoms with Gasteiger partial charge >= 0.3 is 0 Å². The van der Waals surface area contributed by atoms with Gasteiger partial charge in [-0.1, -0.05) is 23.7 Å². The van der Waals surface area contributed by atoms with E-state index in [1.54, 1.807) is 23.0 Å². The minimum absolute atomic E-state index is 0.00571. The molecule has 1 atom stereocenters. The molecule has 0 radical (unpaired) electrons. The van der Waals surface area contributed by atoms with Gasteiger partial charge in [0, 0.05) is 54.7 Å². The molecule has 4 rings (SSSR count). The Hall–Kier alpha value is -2.94. The van der Waals surface area contributed by atoms with Crippen LogP contribution in [0.2, 0.25) is 5.02 Å². The van der Waals surface area contributed by atoms with Gasteiger partial charge in [0.05, 0.1) is 25.0 Å². The van der Waals surface area contributed by atoms with Crippen molar-refractivity contribution in [3.63, 3.8) is 0 Å². The Balaban J connectivity index is 1.62. The lowest BCUT2D eigenvalue weighted by Crippen LogP contribution is -2.50. The number of amides is 1. The van der Waals surface area contributed by atoms with Crippen LogP contribution in [0.3, 0.4) is 0 Å².